The molecule has 1 aromatic carbocycles. The van der Waals surface area contributed by atoms with E-state index in [9.17, 15) is 0 Å². The van der Waals surface area contributed by atoms with E-state index in [1.807, 2.05) is 26.0 Å². The zero-order chi connectivity index (χ0) is 9.84. The van der Waals surface area contributed by atoms with Crippen molar-refractivity contribution < 1.29 is 9.47 Å². The van der Waals surface area contributed by atoms with Gasteiger partial charge in [0.2, 0.25) is 0 Å². The van der Waals surface area contributed by atoms with Gasteiger partial charge in [-0.2, -0.15) is 0 Å². The van der Waals surface area contributed by atoms with Crippen LogP contribution in [0, 0.1) is 0 Å². The standard InChI is InChI=1S/C10H13BO2/c1-7(11)8-4-5-9(12-2)10(6-8)13-3/h4-6H,1,11H2,2-3H3. The van der Waals surface area contributed by atoms with Gasteiger partial charge in [-0.25, -0.2) is 0 Å². The molecule has 0 aromatic heterocycles. The van der Waals surface area contributed by atoms with E-state index in [2.05, 4.69) is 6.58 Å². The summed E-state index contributed by atoms with van der Waals surface area (Å²) in [5.74, 6) is 1.48. The molecule has 0 spiro atoms. The summed E-state index contributed by atoms with van der Waals surface area (Å²) in [6, 6.07) is 5.76. The molecular weight excluding hydrogens is 163 g/mol. The number of ether oxygens (including phenoxy) is 2. The molecule has 1 aromatic rings. The average Bonchev–Trinajstić information content (AvgIpc) is 2.16. The van der Waals surface area contributed by atoms with Crippen molar-refractivity contribution >= 4 is 13.3 Å². The van der Waals surface area contributed by atoms with E-state index in [4.69, 9.17) is 9.47 Å². The first-order valence-corrected chi connectivity index (χ1v) is 4.07. The Bertz CT molecular complexity index is 321. The monoisotopic (exact) mass is 176 g/mol. The normalized spacial score (nSPS) is 9.38. The average molecular weight is 176 g/mol. The number of methoxy groups -OCH3 is 2. The van der Waals surface area contributed by atoms with Crippen molar-refractivity contribution in [3.8, 4) is 11.5 Å². The molecule has 0 bridgehead atoms. The van der Waals surface area contributed by atoms with Gasteiger partial charge in [0.1, 0.15) is 7.85 Å². The SMILES string of the molecule is BC(=C)c1ccc(OC)c(OC)c1. The topological polar surface area (TPSA) is 18.5 Å². The highest BCUT2D eigenvalue weighted by Gasteiger charge is 2.03. The van der Waals surface area contributed by atoms with E-state index in [1.54, 1.807) is 14.2 Å². The molecule has 0 heterocycles. The van der Waals surface area contributed by atoms with E-state index >= 15 is 0 Å². The van der Waals surface area contributed by atoms with Crippen LogP contribution in [0.1, 0.15) is 5.56 Å². The molecule has 0 unspecified atom stereocenters. The van der Waals surface area contributed by atoms with Crippen molar-refractivity contribution in [2.24, 2.45) is 0 Å². The Morgan fingerprint density at radius 2 is 1.85 bits per heavy atom. The maximum Gasteiger partial charge on any atom is 0.161 e. The maximum atomic E-state index is 5.16. The van der Waals surface area contributed by atoms with Gasteiger partial charge in [0.25, 0.3) is 0 Å². The van der Waals surface area contributed by atoms with Crippen LogP contribution in [-0.2, 0) is 0 Å². The minimum Gasteiger partial charge on any atom is -0.493 e. The number of benzene rings is 1. The zero-order valence-corrected chi connectivity index (χ0v) is 8.26. The third-order valence-electron chi connectivity index (χ3n) is 1.88. The molecule has 0 saturated carbocycles. The summed E-state index contributed by atoms with van der Waals surface area (Å²) in [4.78, 5) is 0. The van der Waals surface area contributed by atoms with Crippen molar-refractivity contribution in [2.75, 3.05) is 14.2 Å². The molecule has 0 aliphatic heterocycles. The second kappa shape index (κ2) is 4.03. The molecule has 0 fully saturated rings. The van der Waals surface area contributed by atoms with E-state index in [1.165, 1.54) is 0 Å². The lowest BCUT2D eigenvalue weighted by atomic mass is 9.90. The van der Waals surface area contributed by atoms with Crippen LogP contribution in [0.5, 0.6) is 11.5 Å². The Balaban J connectivity index is 3.13. The van der Waals surface area contributed by atoms with E-state index in [-0.39, 0.29) is 0 Å². The molecule has 68 valence electrons. The summed E-state index contributed by atoms with van der Waals surface area (Å²) < 4.78 is 10.3. The zero-order valence-electron chi connectivity index (χ0n) is 8.26. The summed E-state index contributed by atoms with van der Waals surface area (Å²) in [7, 11) is 5.21. The van der Waals surface area contributed by atoms with Crippen molar-refractivity contribution in [3.63, 3.8) is 0 Å². The fourth-order valence-electron chi connectivity index (χ4n) is 1.10. The van der Waals surface area contributed by atoms with Crippen LogP contribution in [-0.4, -0.2) is 22.1 Å². The third-order valence-corrected chi connectivity index (χ3v) is 1.88. The lowest BCUT2D eigenvalue weighted by Gasteiger charge is -2.09. The van der Waals surface area contributed by atoms with Gasteiger partial charge in [0, 0.05) is 0 Å². The van der Waals surface area contributed by atoms with Gasteiger partial charge in [0.05, 0.1) is 14.2 Å². The highest BCUT2D eigenvalue weighted by molar-refractivity contribution is 6.41. The molecule has 13 heavy (non-hydrogen) atoms. The van der Waals surface area contributed by atoms with Crippen LogP contribution in [0.2, 0.25) is 0 Å². The van der Waals surface area contributed by atoms with Gasteiger partial charge in [-0.3, -0.25) is 0 Å². The fraction of sp³-hybridized carbons (Fsp3) is 0.200. The Hall–Kier alpha value is -1.38. The smallest absolute Gasteiger partial charge is 0.161 e. The van der Waals surface area contributed by atoms with Crippen molar-refractivity contribution in [1.82, 2.24) is 0 Å². The first-order chi connectivity index (χ1) is 6.19. The second-order valence-corrected chi connectivity index (χ2v) is 2.85. The van der Waals surface area contributed by atoms with Crippen LogP contribution in [0.25, 0.3) is 5.47 Å². The van der Waals surface area contributed by atoms with Crippen LogP contribution in [0.15, 0.2) is 24.8 Å². The molecule has 2 nitrogen and oxygen atoms in total. The molecule has 0 saturated heterocycles. The van der Waals surface area contributed by atoms with Gasteiger partial charge in [-0.15, -0.1) is 6.58 Å². The Morgan fingerprint density at radius 1 is 1.23 bits per heavy atom. The molecular formula is C10H13BO2. The molecule has 1 rings (SSSR count). The van der Waals surface area contributed by atoms with Crippen molar-refractivity contribution in [3.05, 3.63) is 30.3 Å². The van der Waals surface area contributed by atoms with Crippen LogP contribution < -0.4 is 9.47 Å². The molecule has 0 aliphatic carbocycles. The number of hydrogen-bond acceptors (Lipinski definition) is 2. The van der Waals surface area contributed by atoms with Gasteiger partial charge in [-0.1, -0.05) is 11.5 Å². The minimum atomic E-state index is 0.739. The summed E-state index contributed by atoms with van der Waals surface area (Å²) in [5.41, 5.74) is 2.08. The lowest BCUT2D eigenvalue weighted by molar-refractivity contribution is 0.355. The number of rotatable bonds is 3. The Morgan fingerprint density at radius 3 is 2.31 bits per heavy atom. The highest BCUT2D eigenvalue weighted by Crippen LogP contribution is 2.28. The van der Waals surface area contributed by atoms with Gasteiger partial charge in [0.15, 0.2) is 11.5 Å². The predicted octanol–water partition coefficient (Wildman–Crippen LogP) is 1.31. The van der Waals surface area contributed by atoms with Gasteiger partial charge < -0.3 is 9.47 Å². The highest BCUT2D eigenvalue weighted by atomic mass is 16.5. The first kappa shape index (κ1) is 9.71. The largest absolute Gasteiger partial charge is 0.493 e. The lowest BCUT2D eigenvalue weighted by Crippen LogP contribution is -1.91. The van der Waals surface area contributed by atoms with Crippen molar-refractivity contribution in [1.29, 1.82) is 0 Å². The van der Waals surface area contributed by atoms with Crippen LogP contribution in [0.3, 0.4) is 0 Å². The molecule has 0 amide bonds. The summed E-state index contributed by atoms with van der Waals surface area (Å²) in [5, 5.41) is 0. The summed E-state index contributed by atoms with van der Waals surface area (Å²) in [6.45, 7) is 3.86. The molecule has 3 heteroatoms. The molecule has 0 aliphatic rings. The van der Waals surface area contributed by atoms with Crippen molar-refractivity contribution in [2.45, 2.75) is 0 Å². The summed E-state index contributed by atoms with van der Waals surface area (Å²) in [6.07, 6.45) is 0. The van der Waals surface area contributed by atoms with E-state index in [0.29, 0.717) is 0 Å². The van der Waals surface area contributed by atoms with Gasteiger partial charge >= 0.3 is 0 Å². The molecule has 0 radical (unpaired) electrons. The Kier molecular flexibility index (Phi) is 3.01. The van der Waals surface area contributed by atoms with Gasteiger partial charge in [-0.05, 0) is 17.7 Å². The van der Waals surface area contributed by atoms with Crippen LogP contribution >= 0.6 is 0 Å². The minimum absolute atomic E-state index is 0.739. The number of hydrogen-bond donors (Lipinski definition) is 0. The fourth-order valence-corrected chi connectivity index (χ4v) is 1.10. The third kappa shape index (κ3) is 2.05. The second-order valence-electron chi connectivity index (χ2n) is 2.85. The Labute approximate surface area is 79.6 Å². The van der Waals surface area contributed by atoms with E-state index < -0.39 is 0 Å². The van der Waals surface area contributed by atoms with Crippen LogP contribution in [0.4, 0.5) is 0 Å². The first-order valence-electron chi connectivity index (χ1n) is 4.07. The molecule has 0 N–H and O–H groups in total. The maximum absolute atomic E-state index is 5.16. The molecule has 0 atom stereocenters. The quantitative estimate of drug-likeness (QED) is 0.646. The van der Waals surface area contributed by atoms with E-state index in [0.717, 1.165) is 22.5 Å². The summed E-state index contributed by atoms with van der Waals surface area (Å²) >= 11 is 0. The predicted molar refractivity (Wildman–Crippen MR) is 57.1 cm³/mol.